The molecule has 0 heterocycles. The van der Waals surface area contributed by atoms with Crippen LogP contribution in [0, 0.1) is 23.7 Å². The van der Waals surface area contributed by atoms with Crippen molar-refractivity contribution in [1.29, 1.82) is 0 Å². The Morgan fingerprint density at radius 3 is 2.10 bits per heavy atom. The summed E-state index contributed by atoms with van der Waals surface area (Å²) >= 11 is 0. The van der Waals surface area contributed by atoms with Crippen LogP contribution >= 0.6 is 0 Å². The second-order valence-electron chi connectivity index (χ2n) is 7.33. The van der Waals surface area contributed by atoms with Gasteiger partial charge in [-0.15, -0.1) is 6.58 Å². The van der Waals surface area contributed by atoms with Gasteiger partial charge in [0.25, 0.3) is 0 Å². The van der Waals surface area contributed by atoms with Gasteiger partial charge in [-0.25, -0.2) is 0 Å². The van der Waals surface area contributed by atoms with E-state index >= 15 is 0 Å². The Bertz CT molecular complexity index is 309. The molecular formula is C20H34. The van der Waals surface area contributed by atoms with E-state index < -0.39 is 0 Å². The molecular weight excluding hydrogens is 240 g/mol. The number of allylic oxidation sites excluding steroid dienone is 3. The van der Waals surface area contributed by atoms with Crippen LogP contribution in [0.1, 0.15) is 78.1 Å². The van der Waals surface area contributed by atoms with Crippen molar-refractivity contribution in [2.45, 2.75) is 78.1 Å². The molecule has 2 saturated carbocycles. The van der Waals surface area contributed by atoms with E-state index in [0.29, 0.717) is 0 Å². The van der Waals surface area contributed by atoms with Crippen LogP contribution in [0.3, 0.4) is 0 Å². The first-order valence-corrected chi connectivity index (χ1v) is 9.03. The molecule has 0 heteroatoms. The summed E-state index contributed by atoms with van der Waals surface area (Å²) in [6.07, 6.45) is 19.0. The normalized spacial score (nSPS) is 35.8. The summed E-state index contributed by atoms with van der Waals surface area (Å²) in [6.45, 7) is 8.69. The fraction of sp³-hybridized carbons (Fsp3) is 0.800. The lowest BCUT2D eigenvalue weighted by molar-refractivity contribution is 0.283. The minimum Gasteiger partial charge on any atom is -0.103 e. The van der Waals surface area contributed by atoms with Gasteiger partial charge in [0.1, 0.15) is 0 Å². The zero-order valence-corrected chi connectivity index (χ0v) is 13.7. The van der Waals surface area contributed by atoms with Gasteiger partial charge in [-0.05, 0) is 82.0 Å². The van der Waals surface area contributed by atoms with E-state index in [4.69, 9.17) is 0 Å². The third-order valence-electron chi connectivity index (χ3n) is 5.84. The molecule has 0 spiro atoms. The lowest BCUT2D eigenvalue weighted by Gasteiger charge is -2.30. The predicted molar refractivity (Wildman–Crippen MR) is 89.8 cm³/mol. The maximum Gasteiger partial charge on any atom is -0.0206 e. The molecule has 2 aliphatic carbocycles. The van der Waals surface area contributed by atoms with Crippen molar-refractivity contribution >= 4 is 0 Å². The van der Waals surface area contributed by atoms with Crippen molar-refractivity contribution in [3.63, 3.8) is 0 Å². The first-order chi connectivity index (χ1) is 9.72. The Morgan fingerprint density at radius 1 is 0.950 bits per heavy atom. The highest BCUT2D eigenvalue weighted by Crippen LogP contribution is 2.37. The summed E-state index contributed by atoms with van der Waals surface area (Å²) in [5.41, 5.74) is 1.71. The fourth-order valence-electron chi connectivity index (χ4n) is 4.37. The van der Waals surface area contributed by atoms with Crippen molar-refractivity contribution in [3.05, 3.63) is 24.3 Å². The predicted octanol–water partition coefficient (Wildman–Crippen LogP) is 6.53. The summed E-state index contributed by atoms with van der Waals surface area (Å²) in [5.74, 6) is 3.59. The van der Waals surface area contributed by atoms with Crippen LogP contribution in [0.4, 0.5) is 0 Å². The maximum atomic E-state index is 3.95. The number of hydrogen-bond acceptors (Lipinski definition) is 0. The highest BCUT2D eigenvalue weighted by Gasteiger charge is 2.23. The quantitative estimate of drug-likeness (QED) is 0.500. The van der Waals surface area contributed by atoms with Crippen LogP contribution in [-0.4, -0.2) is 0 Å². The van der Waals surface area contributed by atoms with E-state index in [0.717, 1.165) is 23.7 Å². The van der Waals surface area contributed by atoms with Crippen LogP contribution in [-0.2, 0) is 0 Å². The van der Waals surface area contributed by atoms with Gasteiger partial charge in [-0.1, -0.05) is 37.5 Å². The zero-order chi connectivity index (χ0) is 14.4. The highest BCUT2D eigenvalue weighted by molar-refractivity contribution is 5.08. The molecule has 2 rings (SSSR count). The topological polar surface area (TPSA) is 0 Å². The Hall–Kier alpha value is -0.520. The van der Waals surface area contributed by atoms with Gasteiger partial charge in [-0.3, -0.25) is 0 Å². The summed E-state index contributed by atoms with van der Waals surface area (Å²) in [4.78, 5) is 0. The number of rotatable bonds is 5. The smallest absolute Gasteiger partial charge is 0.0206 e. The molecule has 0 aromatic rings. The molecule has 0 aliphatic heterocycles. The molecule has 2 fully saturated rings. The largest absolute Gasteiger partial charge is 0.103 e. The van der Waals surface area contributed by atoms with Crippen molar-refractivity contribution in [3.8, 4) is 0 Å². The van der Waals surface area contributed by atoms with E-state index in [-0.39, 0.29) is 0 Å². The molecule has 0 radical (unpaired) electrons. The molecule has 0 atom stereocenters. The number of hydrogen-bond donors (Lipinski definition) is 0. The molecule has 0 saturated heterocycles. The molecule has 0 unspecified atom stereocenters. The first kappa shape index (κ1) is 15.9. The third-order valence-corrected chi connectivity index (χ3v) is 5.84. The van der Waals surface area contributed by atoms with Crippen molar-refractivity contribution in [1.82, 2.24) is 0 Å². The van der Waals surface area contributed by atoms with Crippen molar-refractivity contribution in [2.24, 2.45) is 23.7 Å². The summed E-state index contributed by atoms with van der Waals surface area (Å²) < 4.78 is 0. The first-order valence-electron chi connectivity index (χ1n) is 9.03. The van der Waals surface area contributed by atoms with Crippen LogP contribution in [0.5, 0.6) is 0 Å². The SMILES string of the molecule is C=CC1CCC(/C=C(\C)C2CCC(CCC)CC2)CC1. The average molecular weight is 274 g/mol. The Morgan fingerprint density at radius 2 is 1.55 bits per heavy atom. The molecule has 0 bridgehead atoms. The van der Waals surface area contributed by atoms with Gasteiger partial charge in [0.2, 0.25) is 0 Å². The highest BCUT2D eigenvalue weighted by atomic mass is 14.3. The van der Waals surface area contributed by atoms with E-state index in [1.807, 2.05) is 0 Å². The van der Waals surface area contributed by atoms with Crippen LogP contribution in [0.15, 0.2) is 24.3 Å². The van der Waals surface area contributed by atoms with E-state index in [9.17, 15) is 0 Å². The Balaban J connectivity index is 1.78. The van der Waals surface area contributed by atoms with Crippen LogP contribution in [0.25, 0.3) is 0 Å². The van der Waals surface area contributed by atoms with Crippen LogP contribution in [0.2, 0.25) is 0 Å². The molecule has 0 amide bonds. The summed E-state index contributed by atoms with van der Waals surface area (Å²) in [6, 6.07) is 0. The van der Waals surface area contributed by atoms with E-state index in [1.165, 1.54) is 64.2 Å². The third kappa shape index (κ3) is 4.50. The summed E-state index contributed by atoms with van der Waals surface area (Å²) in [7, 11) is 0. The van der Waals surface area contributed by atoms with Gasteiger partial charge in [0.15, 0.2) is 0 Å². The van der Waals surface area contributed by atoms with Crippen molar-refractivity contribution in [2.75, 3.05) is 0 Å². The van der Waals surface area contributed by atoms with Gasteiger partial charge in [-0.2, -0.15) is 0 Å². The molecule has 0 aromatic heterocycles. The van der Waals surface area contributed by atoms with Crippen LogP contribution < -0.4 is 0 Å². The zero-order valence-electron chi connectivity index (χ0n) is 13.7. The van der Waals surface area contributed by atoms with Gasteiger partial charge in [0.05, 0.1) is 0 Å². The average Bonchev–Trinajstić information content (AvgIpc) is 2.49. The molecule has 114 valence electrons. The van der Waals surface area contributed by atoms with E-state index in [2.05, 4.69) is 32.6 Å². The molecule has 0 nitrogen and oxygen atoms in total. The Labute approximate surface area is 126 Å². The molecule has 0 aromatic carbocycles. The minimum absolute atomic E-state index is 0.796. The van der Waals surface area contributed by atoms with E-state index in [1.54, 1.807) is 5.57 Å². The second kappa shape index (κ2) is 8.05. The van der Waals surface area contributed by atoms with Gasteiger partial charge in [0, 0.05) is 0 Å². The molecule has 0 N–H and O–H groups in total. The standard InChI is InChI=1S/C20H34/c1-4-6-18-11-13-20(14-12-18)16(3)15-19-9-7-17(5-2)8-10-19/h5,15,17-20H,2,4,6-14H2,1,3H3/b16-15+. The lowest BCUT2D eigenvalue weighted by atomic mass is 9.75. The fourth-order valence-corrected chi connectivity index (χ4v) is 4.37. The van der Waals surface area contributed by atoms with Gasteiger partial charge < -0.3 is 0 Å². The second-order valence-corrected chi connectivity index (χ2v) is 7.33. The van der Waals surface area contributed by atoms with Crippen molar-refractivity contribution < 1.29 is 0 Å². The lowest BCUT2D eigenvalue weighted by Crippen LogP contribution is -2.17. The molecule has 2 aliphatic rings. The summed E-state index contributed by atoms with van der Waals surface area (Å²) in [5, 5.41) is 0. The maximum absolute atomic E-state index is 3.95. The minimum atomic E-state index is 0.796. The van der Waals surface area contributed by atoms with Gasteiger partial charge >= 0.3 is 0 Å². The monoisotopic (exact) mass is 274 g/mol. The molecule has 20 heavy (non-hydrogen) atoms. The Kier molecular flexibility index (Phi) is 6.39.